The van der Waals surface area contributed by atoms with Gasteiger partial charge < -0.3 is 4.74 Å². The van der Waals surface area contributed by atoms with Crippen molar-refractivity contribution in [3.05, 3.63) is 29.8 Å². The molecule has 3 N–H and O–H groups in total. The van der Waals surface area contributed by atoms with E-state index in [1.165, 1.54) is 44.1 Å². The van der Waals surface area contributed by atoms with Gasteiger partial charge in [-0.05, 0) is 36.5 Å². The molecule has 1 aliphatic carbocycles. The van der Waals surface area contributed by atoms with Crippen LogP contribution < -0.4 is 16.0 Å². The van der Waals surface area contributed by atoms with Crippen molar-refractivity contribution < 1.29 is 4.74 Å². The molecule has 1 aromatic carbocycles. The van der Waals surface area contributed by atoms with Gasteiger partial charge >= 0.3 is 0 Å². The van der Waals surface area contributed by atoms with E-state index in [1.54, 1.807) is 0 Å². The van der Waals surface area contributed by atoms with Gasteiger partial charge in [-0.25, -0.2) is 0 Å². The maximum Gasteiger partial charge on any atom is 0.119 e. The number of rotatable bonds is 7. The minimum absolute atomic E-state index is 0.258. The van der Waals surface area contributed by atoms with E-state index >= 15 is 0 Å². The lowest BCUT2D eigenvalue weighted by Crippen LogP contribution is -2.29. The van der Waals surface area contributed by atoms with Crippen LogP contribution in [0.25, 0.3) is 0 Å². The second-order valence-electron chi connectivity index (χ2n) is 6.23. The van der Waals surface area contributed by atoms with E-state index in [0.717, 1.165) is 31.1 Å². The molecule has 0 amide bonds. The van der Waals surface area contributed by atoms with E-state index in [-0.39, 0.29) is 6.04 Å². The average molecular weight is 290 g/mol. The molecule has 1 aliphatic rings. The molecule has 0 spiro atoms. The van der Waals surface area contributed by atoms with Crippen molar-refractivity contribution in [1.82, 2.24) is 5.43 Å². The van der Waals surface area contributed by atoms with Crippen LogP contribution in [0.2, 0.25) is 0 Å². The van der Waals surface area contributed by atoms with Gasteiger partial charge in [0, 0.05) is 6.04 Å². The van der Waals surface area contributed by atoms with Gasteiger partial charge in [0.2, 0.25) is 0 Å². The smallest absolute Gasteiger partial charge is 0.119 e. The van der Waals surface area contributed by atoms with Crippen LogP contribution in [0.1, 0.15) is 69.9 Å². The Bertz CT molecular complexity index is 383. The number of nitrogens with two attached hydrogens (primary N) is 1. The number of hydrogen-bond donors (Lipinski definition) is 2. The highest BCUT2D eigenvalue weighted by atomic mass is 16.5. The predicted molar refractivity (Wildman–Crippen MR) is 88.1 cm³/mol. The molecule has 0 radical (unpaired) electrons. The first-order chi connectivity index (χ1) is 10.3. The molecule has 1 atom stereocenters. The summed E-state index contributed by atoms with van der Waals surface area (Å²) in [5.41, 5.74) is 4.28. The summed E-state index contributed by atoms with van der Waals surface area (Å²) in [5, 5.41) is 0. The van der Waals surface area contributed by atoms with Crippen LogP contribution in [0.15, 0.2) is 24.3 Å². The van der Waals surface area contributed by atoms with Crippen LogP contribution in [0.3, 0.4) is 0 Å². The van der Waals surface area contributed by atoms with Crippen molar-refractivity contribution in [1.29, 1.82) is 0 Å². The van der Waals surface area contributed by atoms with Gasteiger partial charge in [0.05, 0.1) is 6.61 Å². The lowest BCUT2D eigenvalue weighted by Gasteiger charge is -2.22. The van der Waals surface area contributed by atoms with Gasteiger partial charge in [-0.3, -0.25) is 11.3 Å². The summed E-state index contributed by atoms with van der Waals surface area (Å²) >= 11 is 0. The molecule has 0 bridgehead atoms. The fourth-order valence-corrected chi connectivity index (χ4v) is 3.25. The molecular weight excluding hydrogens is 260 g/mol. The molecule has 21 heavy (non-hydrogen) atoms. The molecule has 0 aliphatic heterocycles. The van der Waals surface area contributed by atoms with E-state index in [1.807, 2.05) is 0 Å². The molecule has 1 aromatic rings. The molecule has 0 aromatic heterocycles. The van der Waals surface area contributed by atoms with Crippen LogP contribution >= 0.6 is 0 Å². The fraction of sp³-hybridized carbons (Fsp3) is 0.667. The van der Waals surface area contributed by atoms with Gasteiger partial charge in [-0.15, -0.1) is 0 Å². The first-order valence-electron chi connectivity index (χ1n) is 8.52. The molecule has 1 saturated carbocycles. The van der Waals surface area contributed by atoms with Crippen molar-refractivity contribution in [2.75, 3.05) is 6.61 Å². The van der Waals surface area contributed by atoms with E-state index in [2.05, 4.69) is 36.6 Å². The summed E-state index contributed by atoms with van der Waals surface area (Å²) in [7, 11) is 0. The first kappa shape index (κ1) is 16.3. The van der Waals surface area contributed by atoms with Gasteiger partial charge in [-0.2, -0.15) is 0 Å². The Labute approximate surface area is 129 Å². The highest BCUT2D eigenvalue weighted by Crippen LogP contribution is 2.31. The number of hydrazine groups is 1. The Morgan fingerprint density at radius 3 is 2.38 bits per heavy atom. The molecule has 0 saturated heterocycles. The Morgan fingerprint density at radius 2 is 1.81 bits per heavy atom. The summed E-state index contributed by atoms with van der Waals surface area (Å²) < 4.78 is 5.64. The summed E-state index contributed by atoms with van der Waals surface area (Å²) in [4.78, 5) is 0. The topological polar surface area (TPSA) is 47.3 Å². The van der Waals surface area contributed by atoms with Crippen molar-refractivity contribution >= 4 is 0 Å². The highest BCUT2D eigenvalue weighted by Gasteiger charge is 2.18. The summed E-state index contributed by atoms with van der Waals surface area (Å²) in [6.45, 7) is 2.90. The lowest BCUT2D eigenvalue weighted by molar-refractivity contribution is 0.317. The number of benzene rings is 1. The van der Waals surface area contributed by atoms with Crippen LogP contribution in [0.4, 0.5) is 0 Å². The van der Waals surface area contributed by atoms with Crippen LogP contribution in [0, 0.1) is 5.92 Å². The number of hydrogen-bond acceptors (Lipinski definition) is 3. The molecule has 1 unspecified atom stereocenters. The summed E-state index contributed by atoms with van der Waals surface area (Å²) in [6.07, 6.45) is 10.5. The summed E-state index contributed by atoms with van der Waals surface area (Å²) in [5.74, 6) is 7.56. The minimum Gasteiger partial charge on any atom is -0.494 e. The van der Waals surface area contributed by atoms with Gasteiger partial charge in [0.15, 0.2) is 0 Å². The zero-order chi connectivity index (χ0) is 14.9. The molecule has 0 heterocycles. The maximum atomic E-state index is 5.80. The van der Waals surface area contributed by atoms with Gasteiger partial charge in [0.1, 0.15) is 5.75 Å². The molecular formula is C18H30N2O. The van der Waals surface area contributed by atoms with E-state index in [9.17, 15) is 0 Å². The zero-order valence-corrected chi connectivity index (χ0v) is 13.3. The second kappa shape index (κ2) is 9.06. The van der Waals surface area contributed by atoms with Crippen molar-refractivity contribution in [2.45, 2.75) is 64.3 Å². The molecule has 2 rings (SSSR count). The third-order valence-corrected chi connectivity index (χ3v) is 4.50. The van der Waals surface area contributed by atoms with Crippen LogP contribution in [0.5, 0.6) is 5.75 Å². The Kier molecular flexibility index (Phi) is 7.04. The van der Waals surface area contributed by atoms with Crippen molar-refractivity contribution in [3.8, 4) is 5.75 Å². The Hall–Kier alpha value is -1.06. The van der Waals surface area contributed by atoms with Crippen molar-refractivity contribution in [3.63, 3.8) is 0 Å². The predicted octanol–water partition coefficient (Wildman–Crippen LogP) is 4.34. The van der Waals surface area contributed by atoms with E-state index in [4.69, 9.17) is 10.6 Å². The van der Waals surface area contributed by atoms with E-state index in [0.29, 0.717) is 0 Å². The van der Waals surface area contributed by atoms with Gasteiger partial charge in [-0.1, -0.05) is 57.6 Å². The third-order valence-electron chi connectivity index (χ3n) is 4.50. The third kappa shape index (κ3) is 5.33. The molecule has 1 fully saturated rings. The first-order valence-corrected chi connectivity index (χ1v) is 8.52. The standard InChI is InChI=1S/C18H30N2O/c1-2-13-21-17-11-9-16(10-12-17)18(20-19)14-15-7-5-3-4-6-8-15/h9-12,15,18,20H,2-8,13-14,19H2,1H3. The monoisotopic (exact) mass is 290 g/mol. The zero-order valence-electron chi connectivity index (χ0n) is 13.3. The average Bonchev–Trinajstić information content (AvgIpc) is 2.80. The maximum absolute atomic E-state index is 5.80. The van der Waals surface area contributed by atoms with Crippen LogP contribution in [-0.4, -0.2) is 6.61 Å². The molecule has 3 nitrogen and oxygen atoms in total. The number of ether oxygens (including phenoxy) is 1. The van der Waals surface area contributed by atoms with Gasteiger partial charge in [0.25, 0.3) is 0 Å². The summed E-state index contributed by atoms with van der Waals surface area (Å²) in [6, 6.07) is 8.66. The van der Waals surface area contributed by atoms with Crippen LogP contribution in [-0.2, 0) is 0 Å². The Morgan fingerprint density at radius 1 is 1.14 bits per heavy atom. The molecule has 118 valence electrons. The lowest BCUT2D eigenvalue weighted by atomic mass is 9.90. The minimum atomic E-state index is 0.258. The molecule has 3 heteroatoms. The fourth-order valence-electron chi connectivity index (χ4n) is 3.25. The normalized spacial score (nSPS) is 18.2. The number of nitrogens with one attached hydrogen (secondary N) is 1. The van der Waals surface area contributed by atoms with Crippen molar-refractivity contribution in [2.24, 2.45) is 11.8 Å². The van der Waals surface area contributed by atoms with E-state index < -0.39 is 0 Å². The Balaban J connectivity index is 1.92. The highest BCUT2D eigenvalue weighted by molar-refractivity contribution is 5.29. The second-order valence-corrected chi connectivity index (χ2v) is 6.23. The SMILES string of the molecule is CCCOc1ccc(C(CC2CCCCCC2)NN)cc1. The quantitative estimate of drug-likeness (QED) is 0.446. The largest absolute Gasteiger partial charge is 0.494 e.